The average Bonchev–Trinajstić information content (AvgIpc) is 2.54. The van der Waals surface area contributed by atoms with Crippen molar-refractivity contribution < 1.29 is 4.39 Å². The van der Waals surface area contributed by atoms with Gasteiger partial charge in [0.05, 0.1) is 0 Å². The molecule has 2 aromatic rings. The first-order valence-corrected chi connectivity index (χ1v) is 7.42. The molecule has 0 saturated carbocycles. The maximum absolute atomic E-state index is 12.8. The predicted octanol–water partition coefficient (Wildman–Crippen LogP) is 3.04. The summed E-state index contributed by atoms with van der Waals surface area (Å²) in [4.78, 5) is 4.21. The first-order chi connectivity index (χ1) is 10.7. The van der Waals surface area contributed by atoms with Gasteiger partial charge in [0.1, 0.15) is 5.82 Å². The average molecular weight is 299 g/mol. The largest absolute Gasteiger partial charge is 0.356 e. The van der Waals surface area contributed by atoms with Gasteiger partial charge in [0, 0.05) is 20.1 Å². The summed E-state index contributed by atoms with van der Waals surface area (Å²) in [5, 5.41) is 6.57. The highest BCUT2D eigenvalue weighted by atomic mass is 19.1. The molecule has 0 aliphatic rings. The maximum Gasteiger partial charge on any atom is 0.191 e. The third-order valence-corrected chi connectivity index (χ3v) is 3.55. The third-order valence-electron chi connectivity index (χ3n) is 3.55. The molecule has 0 aliphatic heterocycles. The lowest BCUT2D eigenvalue weighted by Gasteiger charge is -2.13. The molecule has 2 rings (SSSR count). The topological polar surface area (TPSA) is 36.4 Å². The first-order valence-electron chi connectivity index (χ1n) is 7.42. The molecule has 4 heteroatoms. The van der Waals surface area contributed by atoms with E-state index in [1.807, 2.05) is 12.1 Å². The van der Waals surface area contributed by atoms with Crippen LogP contribution < -0.4 is 10.6 Å². The maximum atomic E-state index is 12.8. The van der Waals surface area contributed by atoms with Crippen molar-refractivity contribution in [2.75, 3.05) is 13.6 Å². The van der Waals surface area contributed by atoms with Crippen molar-refractivity contribution in [3.63, 3.8) is 0 Å². The number of benzene rings is 2. The summed E-state index contributed by atoms with van der Waals surface area (Å²) in [5.41, 5.74) is 3.61. The van der Waals surface area contributed by atoms with Gasteiger partial charge < -0.3 is 10.6 Å². The van der Waals surface area contributed by atoms with Crippen LogP contribution >= 0.6 is 0 Å². The van der Waals surface area contributed by atoms with E-state index in [0.29, 0.717) is 0 Å². The second-order valence-corrected chi connectivity index (χ2v) is 5.16. The molecule has 0 heterocycles. The number of aryl methyl sites for hydroxylation is 1. The number of aliphatic imine (C=N–C) groups is 1. The van der Waals surface area contributed by atoms with Crippen LogP contribution in [0.15, 0.2) is 53.5 Å². The van der Waals surface area contributed by atoms with Gasteiger partial charge in [-0.05, 0) is 42.2 Å². The molecular formula is C18H22FN3. The van der Waals surface area contributed by atoms with Crippen LogP contribution in [0.1, 0.15) is 16.7 Å². The Kier molecular flexibility index (Phi) is 5.95. The molecule has 0 amide bonds. The zero-order valence-corrected chi connectivity index (χ0v) is 13.1. The van der Waals surface area contributed by atoms with Crippen molar-refractivity contribution in [2.24, 2.45) is 4.99 Å². The predicted molar refractivity (Wildman–Crippen MR) is 89.5 cm³/mol. The summed E-state index contributed by atoms with van der Waals surface area (Å²) < 4.78 is 12.8. The lowest BCUT2D eigenvalue weighted by Crippen LogP contribution is -2.38. The SMILES string of the molecule is CN=C(NCCc1ccc(F)cc1)NCc1ccccc1C. The molecule has 0 unspecified atom stereocenters. The highest BCUT2D eigenvalue weighted by molar-refractivity contribution is 5.79. The number of halogens is 1. The summed E-state index contributed by atoms with van der Waals surface area (Å²) in [6.45, 7) is 3.59. The van der Waals surface area contributed by atoms with Crippen molar-refractivity contribution in [1.29, 1.82) is 0 Å². The molecule has 2 aromatic carbocycles. The van der Waals surface area contributed by atoms with Crippen molar-refractivity contribution >= 4 is 5.96 Å². The van der Waals surface area contributed by atoms with Crippen LogP contribution in [-0.4, -0.2) is 19.6 Å². The van der Waals surface area contributed by atoms with Crippen LogP contribution in [0, 0.1) is 12.7 Å². The monoisotopic (exact) mass is 299 g/mol. The van der Waals surface area contributed by atoms with Gasteiger partial charge in [-0.3, -0.25) is 4.99 Å². The van der Waals surface area contributed by atoms with E-state index >= 15 is 0 Å². The normalized spacial score (nSPS) is 11.3. The summed E-state index contributed by atoms with van der Waals surface area (Å²) in [7, 11) is 1.76. The second-order valence-electron chi connectivity index (χ2n) is 5.16. The molecule has 0 bridgehead atoms. The van der Waals surface area contributed by atoms with Gasteiger partial charge in [0.15, 0.2) is 5.96 Å². The first kappa shape index (κ1) is 16.0. The molecule has 0 aromatic heterocycles. The van der Waals surface area contributed by atoms with Crippen molar-refractivity contribution in [3.8, 4) is 0 Å². The van der Waals surface area contributed by atoms with E-state index in [2.05, 4.69) is 34.7 Å². The summed E-state index contributed by atoms with van der Waals surface area (Å²) >= 11 is 0. The lowest BCUT2D eigenvalue weighted by atomic mass is 10.1. The van der Waals surface area contributed by atoms with Gasteiger partial charge in [-0.25, -0.2) is 4.39 Å². The van der Waals surface area contributed by atoms with Crippen molar-refractivity contribution in [1.82, 2.24) is 10.6 Å². The van der Waals surface area contributed by atoms with Crippen LogP contribution in [0.2, 0.25) is 0 Å². The highest BCUT2D eigenvalue weighted by Crippen LogP contribution is 2.06. The Bertz CT molecular complexity index is 620. The minimum absolute atomic E-state index is 0.201. The van der Waals surface area contributed by atoms with E-state index in [1.54, 1.807) is 19.2 Å². The number of hydrogen-bond acceptors (Lipinski definition) is 1. The van der Waals surface area contributed by atoms with E-state index < -0.39 is 0 Å². The molecule has 0 atom stereocenters. The minimum atomic E-state index is -0.201. The molecule has 116 valence electrons. The fourth-order valence-corrected chi connectivity index (χ4v) is 2.18. The summed E-state index contributed by atoms with van der Waals surface area (Å²) in [6.07, 6.45) is 0.825. The van der Waals surface area contributed by atoms with Crippen LogP contribution in [0.3, 0.4) is 0 Å². The fraction of sp³-hybridized carbons (Fsp3) is 0.278. The van der Waals surface area contributed by atoms with Gasteiger partial charge >= 0.3 is 0 Å². The van der Waals surface area contributed by atoms with Gasteiger partial charge in [0.2, 0.25) is 0 Å². The molecule has 0 radical (unpaired) electrons. The standard InChI is InChI=1S/C18H22FN3/c1-14-5-3-4-6-16(14)13-22-18(20-2)21-12-11-15-7-9-17(19)10-8-15/h3-10H,11-13H2,1-2H3,(H2,20,21,22). The zero-order chi connectivity index (χ0) is 15.8. The van der Waals surface area contributed by atoms with Crippen molar-refractivity contribution in [2.45, 2.75) is 19.9 Å². The Morgan fingerprint density at radius 3 is 2.45 bits per heavy atom. The second kappa shape index (κ2) is 8.17. The summed E-state index contributed by atoms with van der Waals surface area (Å²) in [6, 6.07) is 14.9. The van der Waals surface area contributed by atoms with Crippen molar-refractivity contribution in [3.05, 3.63) is 71.0 Å². The van der Waals surface area contributed by atoms with Gasteiger partial charge in [-0.1, -0.05) is 36.4 Å². The minimum Gasteiger partial charge on any atom is -0.356 e. The summed E-state index contributed by atoms with van der Waals surface area (Å²) in [5.74, 6) is 0.567. The quantitative estimate of drug-likeness (QED) is 0.657. The Balaban J connectivity index is 1.78. The molecule has 0 fully saturated rings. The highest BCUT2D eigenvalue weighted by Gasteiger charge is 2.01. The molecule has 0 spiro atoms. The zero-order valence-electron chi connectivity index (χ0n) is 13.1. The number of guanidine groups is 1. The Morgan fingerprint density at radius 2 is 1.77 bits per heavy atom. The van der Waals surface area contributed by atoms with Gasteiger partial charge in [-0.15, -0.1) is 0 Å². The number of hydrogen-bond donors (Lipinski definition) is 2. The lowest BCUT2D eigenvalue weighted by molar-refractivity contribution is 0.626. The molecule has 0 aliphatic carbocycles. The van der Waals surface area contributed by atoms with E-state index in [0.717, 1.165) is 31.0 Å². The molecular weight excluding hydrogens is 277 g/mol. The molecule has 3 nitrogen and oxygen atoms in total. The number of rotatable bonds is 5. The van der Waals surface area contributed by atoms with E-state index in [-0.39, 0.29) is 5.82 Å². The van der Waals surface area contributed by atoms with Crippen LogP contribution in [0.4, 0.5) is 4.39 Å². The van der Waals surface area contributed by atoms with Gasteiger partial charge in [-0.2, -0.15) is 0 Å². The molecule has 2 N–H and O–H groups in total. The molecule has 22 heavy (non-hydrogen) atoms. The Morgan fingerprint density at radius 1 is 1.05 bits per heavy atom. The number of nitrogens with one attached hydrogen (secondary N) is 2. The van der Waals surface area contributed by atoms with Crippen LogP contribution in [0.5, 0.6) is 0 Å². The van der Waals surface area contributed by atoms with Gasteiger partial charge in [0.25, 0.3) is 0 Å². The van der Waals surface area contributed by atoms with E-state index in [9.17, 15) is 4.39 Å². The molecule has 0 saturated heterocycles. The van der Waals surface area contributed by atoms with E-state index in [1.165, 1.54) is 23.3 Å². The number of nitrogens with zero attached hydrogens (tertiary/aromatic N) is 1. The van der Waals surface area contributed by atoms with Crippen LogP contribution in [-0.2, 0) is 13.0 Å². The van der Waals surface area contributed by atoms with E-state index in [4.69, 9.17) is 0 Å². The fourth-order valence-electron chi connectivity index (χ4n) is 2.18. The van der Waals surface area contributed by atoms with Crippen LogP contribution in [0.25, 0.3) is 0 Å². The Labute approximate surface area is 131 Å². The smallest absolute Gasteiger partial charge is 0.191 e. The third kappa shape index (κ3) is 4.88. The Hall–Kier alpha value is -2.36.